The number of piperazine rings is 1. The summed E-state index contributed by atoms with van der Waals surface area (Å²) in [5, 5.41) is 2.71. The smallest absolute Gasteiger partial charge is 0.336 e. The first kappa shape index (κ1) is 18.1. The molecule has 5 nitrogen and oxygen atoms in total. The number of benzene rings is 1. The highest BCUT2D eigenvalue weighted by atomic mass is 19.4. The molecule has 1 aliphatic heterocycles. The predicted molar refractivity (Wildman–Crippen MR) is 83.6 cm³/mol. The van der Waals surface area contributed by atoms with Crippen LogP contribution < -0.4 is 10.2 Å². The number of amides is 3. The lowest BCUT2D eigenvalue weighted by molar-refractivity contribution is -0.137. The van der Waals surface area contributed by atoms with Crippen LogP contribution in [0.25, 0.3) is 0 Å². The number of nitrogens with one attached hydrogen (secondary N) is 1. The van der Waals surface area contributed by atoms with Gasteiger partial charge in [-0.15, -0.1) is 0 Å². The molecule has 0 spiro atoms. The second-order valence-electron chi connectivity index (χ2n) is 6.01. The lowest BCUT2D eigenvalue weighted by atomic mass is 10.1. The third kappa shape index (κ3) is 3.80. The van der Waals surface area contributed by atoms with Crippen molar-refractivity contribution in [1.29, 1.82) is 0 Å². The quantitative estimate of drug-likeness (QED) is 0.898. The van der Waals surface area contributed by atoms with Gasteiger partial charge in [0.15, 0.2) is 0 Å². The number of hydrogen-bond donors (Lipinski definition) is 1. The van der Waals surface area contributed by atoms with E-state index >= 15 is 0 Å². The summed E-state index contributed by atoms with van der Waals surface area (Å²) in [6, 6.07) is 3.48. The Labute approximate surface area is 138 Å². The van der Waals surface area contributed by atoms with Crippen molar-refractivity contribution >= 4 is 17.6 Å². The molecule has 8 heteroatoms. The molecule has 1 aliphatic rings. The minimum absolute atomic E-state index is 0.0682. The molecule has 0 radical (unpaired) electrons. The second-order valence-corrected chi connectivity index (χ2v) is 6.01. The molecule has 0 saturated carbocycles. The maximum Gasteiger partial charge on any atom is 0.416 e. The minimum Gasteiger partial charge on any atom is -0.336 e. The fourth-order valence-corrected chi connectivity index (χ4v) is 2.58. The van der Waals surface area contributed by atoms with E-state index in [0.717, 1.165) is 12.1 Å². The van der Waals surface area contributed by atoms with Crippen LogP contribution in [0.15, 0.2) is 24.3 Å². The van der Waals surface area contributed by atoms with Gasteiger partial charge in [-0.25, -0.2) is 4.79 Å². The van der Waals surface area contributed by atoms with Gasteiger partial charge in [0.25, 0.3) is 0 Å². The molecule has 24 heavy (non-hydrogen) atoms. The molecule has 0 bridgehead atoms. The van der Waals surface area contributed by atoms with Crippen molar-refractivity contribution in [2.45, 2.75) is 39.0 Å². The van der Waals surface area contributed by atoms with Gasteiger partial charge in [0, 0.05) is 24.8 Å². The van der Waals surface area contributed by atoms with Crippen molar-refractivity contribution in [3.8, 4) is 0 Å². The van der Waals surface area contributed by atoms with Crippen LogP contribution in [-0.4, -0.2) is 42.0 Å². The summed E-state index contributed by atoms with van der Waals surface area (Å²) in [6.45, 7) is 5.59. The molecule has 0 unspecified atom stereocenters. The van der Waals surface area contributed by atoms with Crippen LogP contribution in [0, 0.1) is 0 Å². The van der Waals surface area contributed by atoms with Crippen LogP contribution in [0.2, 0.25) is 0 Å². The van der Waals surface area contributed by atoms with Crippen molar-refractivity contribution < 1.29 is 22.8 Å². The van der Waals surface area contributed by atoms with Gasteiger partial charge in [-0.2, -0.15) is 13.2 Å². The molecule has 2 rings (SSSR count). The van der Waals surface area contributed by atoms with Gasteiger partial charge in [-0.1, -0.05) is 6.07 Å². The van der Waals surface area contributed by atoms with Gasteiger partial charge < -0.3 is 15.1 Å². The lowest BCUT2D eigenvalue weighted by Gasteiger charge is -2.39. The molecule has 3 amide bonds. The van der Waals surface area contributed by atoms with Crippen molar-refractivity contribution in [2.24, 2.45) is 0 Å². The Hall–Kier alpha value is -2.25. The van der Waals surface area contributed by atoms with E-state index < -0.39 is 23.7 Å². The summed E-state index contributed by atoms with van der Waals surface area (Å²) >= 11 is 0. The van der Waals surface area contributed by atoms with Gasteiger partial charge in [-0.05, 0) is 39.0 Å². The monoisotopic (exact) mass is 343 g/mol. The minimum atomic E-state index is -4.47. The SMILES string of the molecule is CC(C)NC(=O)N1CCN(c2cccc(C(F)(F)F)c2)C(=O)[C@@H]1C. The average molecular weight is 343 g/mol. The Balaban J connectivity index is 2.19. The molecule has 1 atom stereocenters. The first-order chi connectivity index (χ1) is 11.1. The molecule has 1 aromatic carbocycles. The second kappa shape index (κ2) is 6.70. The third-order valence-corrected chi connectivity index (χ3v) is 3.81. The number of urea groups is 1. The first-order valence-corrected chi connectivity index (χ1v) is 7.67. The van der Waals surface area contributed by atoms with Gasteiger partial charge >= 0.3 is 12.2 Å². The zero-order valence-corrected chi connectivity index (χ0v) is 13.7. The summed E-state index contributed by atoms with van der Waals surface area (Å²) in [6.07, 6.45) is -4.47. The van der Waals surface area contributed by atoms with Gasteiger partial charge in [0.05, 0.1) is 5.56 Å². The Kier molecular flexibility index (Phi) is 5.05. The number of alkyl halides is 3. The number of halogens is 3. The maximum atomic E-state index is 12.8. The number of nitrogens with zero attached hydrogens (tertiary/aromatic N) is 2. The Morgan fingerprint density at radius 2 is 1.96 bits per heavy atom. The fraction of sp³-hybridized carbons (Fsp3) is 0.500. The van der Waals surface area contributed by atoms with Crippen LogP contribution in [-0.2, 0) is 11.0 Å². The molecule has 1 aromatic rings. The standard InChI is InChI=1S/C16H20F3N3O2/c1-10(2)20-15(24)21-7-8-22(14(23)11(21)3)13-6-4-5-12(9-13)16(17,18)19/h4-6,9-11H,7-8H2,1-3H3,(H,20,24)/t11-/m0/s1. The van der Waals surface area contributed by atoms with Crippen molar-refractivity contribution in [2.75, 3.05) is 18.0 Å². The van der Waals surface area contributed by atoms with Crippen molar-refractivity contribution in [1.82, 2.24) is 10.2 Å². The number of carbonyl (C=O) groups is 2. The number of carbonyl (C=O) groups excluding carboxylic acids is 2. The van der Waals surface area contributed by atoms with Crippen LogP contribution in [0.4, 0.5) is 23.7 Å². The predicted octanol–water partition coefficient (Wildman–Crippen LogP) is 2.86. The molecule has 1 heterocycles. The van der Waals surface area contributed by atoms with Crippen LogP contribution in [0.5, 0.6) is 0 Å². The summed E-state index contributed by atoms with van der Waals surface area (Å²) < 4.78 is 38.5. The molecule has 0 aliphatic carbocycles. The van der Waals surface area contributed by atoms with Crippen LogP contribution >= 0.6 is 0 Å². The highest BCUT2D eigenvalue weighted by molar-refractivity contribution is 6.00. The summed E-state index contributed by atoms with van der Waals surface area (Å²) in [4.78, 5) is 27.3. The highest BCUT2D eigenvalue weighted by Crippen LogP contribution is 2.32. The zero-order valence-electron chi connectivity index (χ0n) is 13.7. The third-order valence-electron chi connectivity index (χ3n) is 3.81. The fourth-order valence-electron chi connectivity index (χ4n) is 2.58. The summed E-state index contributed by atoms with van der Waals surface area (Å²) in [5.41, 5.74) is -0.619. The van der Waals surface area contributed by atoms with E-state index in [4.69, 9.17) is 0 Å². The van der Waals surface area contributed by atoms with E-state index in [1.165, 1.54) is 21.9 Å². The molecular formula is C16H20F3N3O2. The van der Waals surface area contributed by atoms with Crippen molar-refractivity contribution in [3.05, 3.63) is 29.8 Å². The van der Waals surface area contributed by atoms with Crippen molar-refractivity contribution in [3.63, 3.8) is 0 Å². The van der Waals surface area contributed by atoms with E-state index in [1.54, 1.807) is 6.92 Å². The molecule has 1 fully saturated rings. The summed E-state index contributed by atoms with van der Waals surface area (Å²) in [5.74, 6) is -0.403. The van der Waals surface area contributed by atoms with Crippen LogP contribution in [0.1, 0.15) is 26.3 Å². The van der Waals surface area contributed by atoms with E-state index in [0.29, 0.717) is 0 Å². The normalized spacial score (nSPS) is 19.0. The molecule has 132 valence electrons. The Bertz CT molecular complexity index is 631. The van der Waals surface area contributed by atoms with E-state index in [-0.39, 0.29) is 30.8 Å². The number of anilines is 1. The molecule has 0 aromatic heterocycles. The lowest BCUT2D eigenvalue weighted by Crippen LogP contribution is -2.60. The number of hydrogen-bond acceptors (Lipinski definition) is 2. The molecular weight excluding hydrogens is 323 g/mol. The largest absolute Gasteiger partial charge is 0.416 e. The van der Waals surface area contributed by atoms with E-state index in [2.05, 4.69) is 5.32 Å². The van der Waals surface area contributed by atoms with Gasteiger partial charge in [0.1, 0.15) is 6.04 Å². The average Bonchev–Trinajstić information content (AvgIpc) is 2.48. The highest BCUT2D eigenvalue weighted by Gasteiger charge is 2.36. The first-order valence-electron chi connectivity index (χ1n) is 7.67. The summed E-state index contributed by atoms with van der Waals surface area (Å²) in [7, 11) is 0. The van der Waals surface area contributed by atoms with Gasteiger partial charge in [0.2, 0.25) is 5.91 Å². The molecule has 1 saturated heterocycles. The number of rotatable bonds is 2. The zero-order chi connectivity index (χ0) is 18.1. The Morgan fingerprint density at radius 1 is 1.29 bits per heavy atom. The molecule has 1 N–H and O–H groups in total. The van der Waals surface area contributed by atoms with E-state index in [1.807, 2.05) is 13.8 Å². The van der Waals surface area contributed by atoms with Gasteiger partial charge in [-0.3, -0.25) is 4.79 Å². The topological polar surface area (TPSA) is 52.7 Å². The van der Waals surface area contributed by atoms with E-state index in [9.17, 15) is 22.8 Å². The van der Waals surface area contributed by atoms with Crippen LogP contribution in [0.3, 0.4) is 0 Å². The Morgan fingerprint density at radius 3 is 2.54 bits per heavy atom. The maximum absolute atomic E-state index is 12.8.